The first-order valence-corrected chi connectivity index (χ1v) is 5.34. The van der Waals surface area contributed by atoms with Crippen LogP contribution >= 0.6 is 0 Å². The van der Waals surface area contributed by atoms with Crippen molar-refractivity contribution in [1.29, 1.82) is 5.26 Å². The van der Waals surface area contributed by atoms with Crippen LogP contribution in [0.2, 0.25) is 0 Å². The molecule has 0 bridgehead atoms. The third-order valence-corrected chi connectivity index (χ3v) is 2.69. The number of nitriles is 1. The molecule has 0 saturated heterocycles. The van der Waals surface area contributed by atoms with Gasteiger partial charge in [0, 0.05) is 13.0 Å². The van der Waals surface area contributed by atoms with E-state index in [0.717, 1.165) is 5.76 Å². The predicted octanol–water partition coefficient (Wildman–Crippen LogP) is 1.88. The number of nitrogens with zero attached hydrogens (tertiary/aromatic N) is 1. The van der Waals surface area contributed by atoms with Crippen LogP contribution in [0, 0.1) is 16.7 Å². The lowest BCUT2D eigenvalue weighted by Crippen LogP contribution is -2.38. The maximum Gasteiger partial charge on any atom is 0.240 e. The summed E-state index contributed by atoms with van der Waals surface area (Å²) in [7, 11) is 0. The first-order valence-electron chi connectivity index (χ1n) is 5.34. The van der Waals surface area contributed by atoms with Crippen LogP contribution in [0.5, 0.6) is 0 Å². The minimum Gasteiger partial charge on any atom is -0.469 e. The molecule has 1 atom stereocenters. The lowest BCUT2D eigenvalue weighted by molar-refractivity contribution is -0.127. The summed E-state index contributed by atoms with van der Waals surface area (Å²) in [5.74, 6) is 0.611. The molecular formula is C12H16N2O2. The highest BCUT2D eigenvalue weighted by molar-refractivity contribution is 5.84. The van der Waals surface area contributed by atoms with Crippen LogP contribution in [0.4, 0.5) is 0 Å². The lowest BCUT2D eigenvalue weighted by Gasteiger charge is -2.18. The van der Waals surface area contributed by atoms with Gasteiger partial charge in [0.15, 0.2) is 0 Å². The van der Waals surface area contributed by atoms with Crippen molar-refractivity contribution in [2.75, 3.05) is 6.54 Å². The van der Waals surface area contributed by atoms with Gasteiger partial charge in [0.05, 0.1) is 12.3 Å². The van der Waals surface area contributed by atoms with Crippen LogP contribution in [0.15, 0.2) is 22.8 Å². The molecule has 16 heavy (non-hydrogen) atoms. The number of carbonyl (C=O) groups excluding carboxylic acids is 1. The Morgan fingerprint density at radius 1 is 1.69 bits per heavy atom. The first kappa shape index (κ1) is 12.3. The second-order valence-electron chi connectivity index (χ2n) is 3.88. The van der Waals surface area contributed by atoms with Crippen molar-refractivity contribution in [1.82, 2.24) is 5.32 Å². The molecule has 1 amide bonds. The highest BCUT2D eigenvalue weighted by Crippen LogP contribution is 2.19. The smallest absolute Gasteiger partial charge is 0.240 e. The van der Waals surface area contributed by atoms with E-state index in [2.05, 4.69) is 5.32 Å². The highest BCUT2D eigenvalue weighted by Gasteiger charge is 2.30. The Bertz CT molecular complexity index is 378. The molecule has 0 aromatic carbocycles. The Morgan fingerprint density at radius 2 is 2.44 bits per heavy atom. The van der Waals surface area contributed by atoms with E-state index in [1.807, 2.05) is 25.1 Å². The molecule has 0 aliphatic carbocycles. The number of furan rings is 1. The zero-order chi connectivity index (χ0) is 12.0. The fourth-order valence-electron chi connectivity index (χ4n) is 1.24. The Labute approximate surface area is 95.2 Å². The van der Waals surface area contributed by atoms with Gasteiger partial charge >= 0.3 is 0 Å². The van der Waals surface area contributed by atoms with Crippen molar-refractivity contribution in [3.8, 4) is 6.07 Å². The second kappa shape index (κ2) is 5.36. The summed E-state index contributed by atoms with van der Waals surface area (Å²) in [5, 5.41) is 11.7. The maximum atomic E-state index is 11.7. The largest absolute Gasteiger partial charge is 0.469 e. The van der Waals surface area contributed by atoms with Gasteiger partial charge in [-0.25, -0.2) is 0 Å². The summed E-state index contributed by atoms with van der Waals surface area (Å²) in [6.45, 7) is 3.97. The van der Waals surface area contributed by atoms with Gasteiger partial charge in [-0.15, -0.1) is 0 Å². The molecule has 4 heteroatoms. The monoisotopic (exact) mass is 220 g/mol. The minimum absolute atomic E-state index is 0.218. The van der Waals surface area contributed by atoms with E-state index in [0.29, 0.717) is 19.4 Å². The van der Waals surface area contributed by atoms with Crippen LogP contribution in [0.25, 0.3) is 0 Å². The van der Waals surface area contributed by atoms with E-state index in [4.69, 9.17) is 9.68 Å². The van der Waals surface area contributed by atoms with Crippen molar-refractivity contribution in [3.63, 3.8) is 0 Å². The molecule has 0 aliphatic heterocycles. The Hall–Kier alpha value is -1.76. The molecule has 1 rings (SSSR count). The van der Waals surface area contributed by atoms with Crippen molar-refractivity contribution in [3.05, 3.63) is 24.2 Å². The number of amides is 1. The van der Waals surface area contributed by atoms with Gasteiger partial charge in [-0.1, -0.05) is 6.92 Å². The summed E-state index contributed by atoms with van der Waals surface area (Å²) in [6.07, 6.45) is 2.75. The van der Waals surface area contributed by atoms with E-state index < -0.39 is 5.41 Å². The predicted molar refractivity (Wildman–Crippen MR) is 59.4 cm³/mol. The second-order valence-corrected chi connectivity index (χ2v) is 3.88. The van der Waals surface area contributed by atoms with E-state index in [-0.39, 0.29) is 5.91 Å². The molecule has 1 N–H and O–H groups in total. The van der Waals surface area contributed by atoms with Crippen molar-refractivity contribution in [2.24, 2.45) is 5.41 Å². The zero-order valence-electron chi connectivity index (χ0n) is 9.62. The first-order chi connectivity index (χ1) is 7.62. The van der Waals surface area contributed by atoms with Crippen molar-refractivity contribution >= 4 is 5.91 Å². The van der Waals surface area contributed by atoms with E-state index >= 15 is 0 Å². The van der Waals surface area contributed by atoms with Gasteiger partial charge in [0.25, 0.3) is 0 Å². The van der Waals surface area contributed by atoms with Gasteiger partial charge in [-0.05, 0) is 25.5 Å². The van der Waals surface area contributed by atoms with Crippen LogP contribution in [0.1, 0.15) is 26.0 Å². The van der Waals surface area contributed by atoms with Gasteiger partial charge in [-0.2, -0.15) is 5.26 Å². The fraction of sp³-hybridized carbons (Fsp3) is 0.500. The molecule has 1 unspecified atom stereocenters. The summed E-state index contributed by atoms with van der Waals surface area (Å²) in [4.78, 5) is 11.7. The van der Waals surface area contributed by atoms with Gasteiger partial charge < -0.3 is 9.73 Å². The fourth-order valence-corrected chi connectivity index (χ4v) is 1.24. The molecule has 0 spiro atoms. The van der Waals surface area contributed by atoms with Gasteiger partial charge in [0.1, 0.15) is 11.2 Å². The molecule has 1 aromatic rings. The number of carbonyl (C=O) groups is 1. The molecular weight excluding hydrogens is 204 g/mol. The summed E-state index contributed by atoms with van der Waals surface area (Å²) < 4.78 is 5.14. The number of nitrogens with one attached hydrogen (secondary N) is 1. The lowest BCUT2D eigenvalue weighted by atomic mass is 9.88. The summed E-state index contributed by atoms with van der Waals surface area (Å²) >= 11 is 0. The number of hydrogen-bond acceptors (Lipinski definition) is 3. The zero-order valence-corrected chi connectivity index (χ0v) is 9.62. The summed E-state index contributed by atoms with van der Waals surface area (Å²) in [5.41, 5.74) is -0.927. The van der Waals surface area contributed by atoms with E-state index in [9.17, 15) is 4.79 Å². The molecule has 0 fully saturated rings. The van der Waals surface area contributed by atoms with Gasteiger partial charge in [0.2, 0.25) is 5.91 Å². The van der Waals surface area contributed by atoms with Crippen molar-refractivity contribution < 1.29 is 9.21 Å². The van der Waals surface area contributed by atoms with Gasteiger partial charge in [-0.3, -0.25) is 4.79 Å². The molecule has 4 nitrogen and oxygen atoms in total. The van der Waals surface area contributed by atoms with Crippen LogP contribution in [-0.2, 0) is 11.2 Å². The van der Waals surface area contributed by atoms with Crippen molar-refractivity contribution in [2.45, 2.75) is 26.7 Å². The quantitative estimate of drug-likeness (QED) is 0.823. The Kier molecular flexibility index (Phi) is 4.12. The molecule has 1 aromatic heterocycles. The third-order valence-electron chi connectivity index (χ3n) is 2.69. The SMILES string of the molecule is CCC(C)(C#N)C(=O)NCCc1ccco1. The average molecular weight is 220 g/mol. The maximum absolute atomic E-state index is 11.7. The number of hydrogen-bond donors (Lipinski definition) is 1. The summed E-state index contributed by atoms with van der Waals surface area (Å²) in [6, 6.07) is 5.70. The molecule has 0 aliphatic rings. The number of rotatable bonds is 5. The topological polar surface area (TPSA) is 66.0 Å². The van der Waals surface area contributed by atoms with Crippen LogP contribution in [0.3, 0.4) is 0 Å². The minimum atomic E-state index is -0.927. The highest BCUT2D eigenvalue weighted by atomic mass is 16.3. The van der Waals surface area contributed by atoms with Crippen LogP contribution in [-0.4, -0.2) is 12.5 Å². The molecule has 86 valence electrons. The van der Waals surface area contributed by atoms with Crippen LogP contribution < -0.4 is 5.32 Å². The molecule has 0 radical (unpaired) electrons. The molecule has 1 heterocycles. The standard InChI is InChI=1S/C12H16N2O2/c1-3-12(2,9-13)11(15)14-7-6-10-5-4-8-16-10/h4-5,8H,3,6-7H2,1-2H3,(H,14,15). The average Bonchev–Trinajstić information content (AvgIpc) is 2.80. The Morgan fingerprint density at radius 3 is 2.94 bits per heavy atom. The third kappa shape index (κ3) is 2.86. The van der Waals surface area contributed by atoms with E-state index in [1.165, 1.54) is 0 Å². The molecule has 0 saturated carbocycles. The normalized spacial score (nSPS) is 13.8. The Balaban J connectivity index is 2.39. The van der Waals surface area contributed by atoms with E-state index in [1.54, 1.807) is 13.2 Å².